The van der Waals surface area contributed by atoms with Crippen molar-refractivity contribution in [2.45, 2.75) is 45.4 Å². The molecule has 0 spiro atoms. The van der Waals surface area contributed by atoms with E-state index in [4.69, 9.17) is 9.47 Å². The van der Waals surface area contributed by atoms with Gasteiger partial charge in [0.15, 0.2) is 0 Å². The van der Waals surface area contributed by atoms with Crippen LogP contribution in [0.4, 0.5) is 0 Å². The first kappa shape index (κ1) is 14.9. The monoisotopic (exact) mass is 276 g/mol. The van der Waals surface area contributed by atoms with Crippen molar-refractivity contribution in [1.82, 2.24) is 0 Å². The number of benzene rings is 1. The molecule has 3 heteroatoms. The van der Waals surface area contributed by atoms with E-state index in [1.54, 1.807) is 7.11 Å². The smallest absolute Gasteiger partial charge is 0.312 e. The van der Waals surface area contributed by atoms with Gasteiger partial charge in [0.1, 0.15) is 5.75 Å². The summed E-state index contributed by atoms with van der Waals surface area (Å²) in [4.78, 5) is 12.3. The minimum Gasteiger partial charge on any atom is -0.497 e. The summed E-state index contributed by atoms with van der Waals surface area (Å²) in [5.74, 6) is 1.14. The Labute approximate surface area is 121 Å². The Balaban J connectivity index is 2.13. The average molecular weight is 276 g/mol. The second kappa shape index (κ2) is 6.29. The van der Waals surface area contributed by atoms with Gasteiger partial charge in [0, 0.05) is 5.92 Å². The fourth-order valence-corrected chi connectivity index (χ4v) is 2.95. The molecule has 20 heavy (non-hydrogen) atoms. The quantitative estimate of drug-likeness (QED) is 0.708. The summed E-state index contributed by atoms with van der Waals surface area (Å²) < 4.78 is 10.5. The van der Waals surface area contributed by atoms with Crippen LogP contribution in [0.2, 0.25) is 0 Å². The highest BCUT2D eigenvalue weighted by Crippen LogP contribution is 2.63. The van der Waals surface area contributed by atoms with Crippen molar-refractivity contribution in [2.24, 2.45) is 5.41 Å². The number of hydrogen-bond donors (Lipinski definition) is 0. The molecule has 0 saturated heterocycles. The Morgan fingerprint density at radius 1 is 1.30 bits per heavy atom. The lowest BCUT2D eigenvalue weighted by Crippen LogP contribution is -2.21. The summed E-state index contributed by atoms with van der Waals surface area (Å²) in [7, 11) is 1.66. The summed E-state index contributed by atoms with van der Waals surface area (Å²) in [6, 6.07) is 8.06. The maximum atomic E-state index is 12.3. The third kappa shape index (κ3) is 2.82. The van der Waals surface area contributed by atoms with E-state index in [1.165, 1.54) is 5.56 Å². The molecule has 0 heterocycles. The minimum absolute atomic E-state index is 0.0192. The first-order valence-corrected chi connectivity index (χ1v) is 7.49. The molecule has 2 atom stereocenters. The average Bonchev–Trinajstić information content (AvgIpc) is 3.21. The summed E-state index contributed by atoms with van der Waals surface area (Å²) in [5, 5.41) is 0. The third-order valence-electron chi connectivity index (χ3n) is 4.25. The van der Waals surface area contributed by atoms with Gasteiger partial charge < -0.3 is 9.47 Å². The zero-order chi connectivity index (χ0) is 14.6. The predicted molar refractivity (Wildman–Crippen MR) is 78.9 cm³/mol. The molecular formula is C17H24O3. The van der Waals surface area contributed by atoms with Crippen LogP contribution >= 0.6 is 0 Å². The molecule has 1 aliphatic carbocycles. The summed E-state index contributed by atoms with van der Waals surface area (Å²) in [6.07, 6.45) is 4.03. The molecule has 0 aliphatic heterocycles. The molecule has 0 unspecified atom stereocenters. The van der Waals surface area contributed by atoms with Crippen LogP contribution in [0, 0.1) is 5.41 Å². The van der Waals surface area contributed by atoms with Crippen molar-refractivity contribution < 1.29 is 14.3 Å². The fraction of sp³-hybridized carbons (Fsp3) is 0.588. The van der Waals surface area contributed by atoms with Crippen LogP contribution in [0.3, 0.4) is 0 Å². The Morgan fingerprint density at radius 3 is 2.55 bits per heavy atom. The zero-order valence-electron chi connectivity index (χ0n) is 12.6. The number of hydrogen-bond acceptors (Lipinski definition) is 3. The fourth-order valence-electron chi connectivity index (χ4n) is 2.95. The lowest BCUT2D eigenvalue weighted by atomic mass is 9.93. The maximum Gasteiger partial charge on any atom is 0.312 e. The van der Waals surface area contributed by atoms with Gasteiger partial charge in [-0.15, -0.1) is 0 Å². The van der Waals surface area contributed by atoms with E-state index >= 15 is 0 Å². The number of carbonyl (C=O) groups excluding carboxylic acids is 1. The van der Waals surface area contributed by atoms with Crippen LogP contribution in [0.15, 0.2) is 24.3 Å². The SMILES string of the molecule is CCCC[C@]1(C(=O)OCC)C[C@@H]1c1ccc(OC)cc1. The number of methoxy groups -OCH3 is 1. The number of ether oxygens (including phenoxy) is 2. The van der Waals surface area contributed by atoms with E-state index in [0.717, 1.165) is 31.4 Å². The molecule has 110 valence electrons. The minimum atomic E-state index is -0.277. The Morgan fingerprint density at radius 2 is 2.00 bits per heavy atom. The van der Waals surface area contributed by atoms with Gasteiger partial charge in [-0.3, -0.25) is 4.79 Å². The standard InChI is InChI=1S/C17H24O3/c1-4-6-11-17(16(18)20-5-2)12-15(17)13-7-9-14(19-3)10-8-13/h7-10,15H,4-6,11-12H2,1-3H3/t15-,17+/m1/s1. The van der Waals surface area contributed by atoms with E-state index in [9.17, 15) is 4.79 Å². The maximum absolute atomic E-state index is 12.3. The Hall–Kier alpha value is -1.51. The molecule has 2 rings (SSSR count). The largest absolute Gasteiger partial charge is 0.497 e. The van der Waals surface area contributed by atoms with Crippen molar-refractivity contribution in [3.63, 3.8) is 0 Å². The molecule has 0 N–H and O–H groups in total. The Bertz CT molecular complexity index is 452. The van der Waals surface area contributed by atoms with E-state index in [-0.39, 0.29) is 11.4 Å². The van der Waals surface area contributed by atoms with Gasteiger partial charge in [-0.1, -0.05) is 31.9 Å². The van der Waals surface area contributed by atoms with Crippen molar-refractivity contribution in [1.29, 1.82) is 0 Å². The van der Waals surface area contributed by atoms with Crippen LogP contribution in [0.1, 0.15) is 51.0 Å². The van der Waals surface area contributed by atoms with Crippen LogP contribution in [0.25, 0.3) is 0 Å². The zero-order valence-corrected chi connectivity index (χ0v) is 12.6. The van der Waals surface area contributed by atoms with Crippen LogP contribution < -0.4 is 4.74 Å². The van der Waals surface area contributed by atoms with E-state index in [2.05, 4.69) is 19.1 Å². The molecule has 1 aromatic rings. The normalized spacial score (nSPS) is 24.2. The van der Waals surface area contributed by atoms with E-state index in [1.807, 2.05) is 19.1 Å². The number of unbranched alkanes of at least 4 members (excludes halogenated alkanes) is 1. The molecule has 1 saturated carbocycles. The van der Waals surface area contributed by atoms with E-state index < -0.39 is 0 Å². The van der Waals surface area contributed by atoms with Crippen molar-refractivity contribution in [2.75, 3.05) is 13.7 Å². The van der Waals surface area contributed by atoms with Gasteiger partial charge >= 0.3 is 5.97 Å². The Kier molecular flexibility index (Phi) is 4.69. The van der Waals surface area contributed by atoms with Crippen molar-refractivity contribution in [3.05, 3.63) is 29.8 Å². The first-order chi connectivity index (χ1) is 9.67. The van der Waals surface area contributed by atoms with Crippen LogP contribution in [-0.2, 0) is 9.53 Å². The summed E-state index contributed by atoms with van der Waals surface area (Å²) in [6.45, 7) is 4.49. The molecule has 1 aromatic carbocycles. The molecule has 0 amide bonds. The second-order valence-corrected chi connectivity index (χ2v) is 5.51. The van der Waals surface area contributed by atoms with Gasteiger partial charge in [0.2, 0.25) is 0 Å². The third-order valence-corrected chi connectivity index (χ3v) is 4.25. The lowest BCUT2D eigenvalue weighted by Gasteiger charge is -2.16. The molecule has 0 aromatic heterocycles. The molecule has 1 fully saturated rings. The highest BCUT2D eigenvalue weighted by Gasteiger charge is 2.60. The van der Waals surface area contributed by atoms with Crippen LogP contribution in [0.5, 0.6) is 5.75 Å². The predicted octanol–water partition coefficient (Wildman–Crippen LogP) is 3.92. The first-order valence-electron chi connectivity index (χ1n) is 7.49. The lowest BCUT2D eigenvalue weighted by molar-refractivity contribution is -0.150. The highest BCUT2D eigenvalue weighted by molar-refractivity contribution is 5.82. The van der Waals surface area contributed by atoms with E-state index in [0.29, 0.717) is 12.5 Å². The van der Waals surface area contributed by atoms with Gasteiger partial charge in [0.05, 0.1) is 19.1 Å². The topological polar surface area (TPSA) is 35.5 Å². The second-order valence-electron chi connectivity index (χ2n) is 5.51. The molecule has 0 bridgehead atoms. The van der Waals surface area contributed by atoms with Crippen molar-refractivity contribution >= 4 is 5.97 Å². The molecule has 3 nitrogen and oxygen atoms in total. The molecule has 0 radical (unpaired) electrons. The van der Waals surface area contributed by atoms with Gasteiger partial charge in [-0.05, 0) is 37.5 Å². The molecular weight excluding hydrogens is 252 g/mol. The summed E-state index contributed by atoms with van der Waals surface area (Å²) in [5.41, 5.74) is 0.940. The van der Waals surface area contributed by atoms with Gasteiger partial charge in [-0.2, -0.15) is 0 Å². The number of rotatable bonds is 7. The van der Waals surface area contributed by atoms with Gasteiger partial charge in [-0.25, -0.2) is 0 Å². The molecule has 1 aliphatic rings. The van der Waals surface area contributed by atoms with Crippen LogP contribution in [-0.4, -0.2) is 19.7 Å². The number of carbonyl (C=O) groups is 1. The van der Waals surface area contributed by atoms with Gasteiger partial charge in [0.25, 0.3) is 0 Å². The highest BCUT2D eigenvalue weighted by atomic mass is 16.5. The van der Waals surface area contributed by atoms with Crippen molar-refractivity contribution in [3.8, 4) is 5.75 Å². The summed E-state index contributed by atoms with van der Waals surface area (Å²) >= 11 is 0. The number of esters is 1.